The number of carbonyl (C=O) groups is 1. The van der Waals surface area contributed by atoms with E-state index in [9.17, 15) is 9.59 Å². The van der Waals surface area contributed by atoms with Crippen LogP contribution in [0.5, 0.6) is 0 Å². The molecule has 0 fully saturated rings. The molecule has 0 aliphatic heterocycles. The zero-order valence-electron chi connectivity index (χ0n) is 15.8. The summed E-state index contributed by atoms with van der Waals surface area (Å²) in [6.07, 6.45) is 3.01. The molecule has 2 heterocycles. The third kappa shape index (κ3) is 4.37. The van der Waals surface area contributed by atoms with E-state index in [1.807, 2.05) is 12.1 Å². The lowest BCUT2D eigenvalue weighted by Crippen LogP contribution is -2.27. The quantitative estimate of drug-likeness (QED) is 0.497. The summed E-state index contributed by atoms with van der Waals surface area (Å²) < 4.78 is 3.13. The van der Waals surface area contributed by atoms with Crippen molar-refractivity contribution in [1.82, 2.24) is 24.6 Å². The fraction of sp³-hybridized carbons (Fsp3) is 0.143. The summed E-state index contributed by atoms with van der Waals surface area (Å²) in [5.74, 6) is -0.207. The Morgan fingerprint density at radius 3 is 2.37 bits per heavy atom. The van der Waals surface area contributed by atoms with Crippen LogP contribution in [0.1, 0.15) is 15.9 Å². The van der Waals surface area contributed by atoms with Crippen molar-refractivity contribution in [2.75, 3.05) is 6.54 Å². The maximum atomic E-state index is 12.8. The molecule has 0 saturated heterocycles. The standard InChI is InChI=1S/C21H17Cl2N5O2/c22-16-5-1-14(2-6-16)12-27-13-25-19-18(21(27)30)11-26-28(19)10-9-24-20(29)15-3-7-17(23)8-4-15/h1-8,11,13H,9-10,12H2,(H,24,29). The maximum absolute atomic E-state index is 12.8. The van der Waals surface area contributed by atoms with Crippen LogP contribution in [0.25, 0.3) is 11.0 Å². The molecule has 0 bridgehead atoms. The van der Waals surface area contributed by atoms with Gasteiger partial charge >= 0.3 is 0 Å². The number of hydrogen-bond acceptors (Lipinski definition) is 4. The predicted molar refractivity (Wildman–Crippen MR) is 116 cm³/mol. The van der Waals surface area contributed by atoms with E-state index >= 15 is 0 Å². The van der Waals surface area contributed by atoms with Crippen molar-refractivity contribution in [3.63, 3.8) is 0 Å². The number of fused-ring (bicyclic) bond motifs is 1. The second-order valence-electron chi connectivity index (χ2n) is 6.67. The number of hydrogen-bond donors (Lipinski definition) is 1. The van der Waals surface area contributed by atoms with Gasteiger partial charge < -0.3 is 5.32 Å². The molecular formula is C21H17Cl2N5O2. The molecule has 0 atom stereocenters. The summed E-state index contributed by atoms with van der Waals surface area (Å²) in [6, 6.07) is 13.9. The lowest BCUT2D eigenvalue weighted by atomic mass is 10.2. The average molecular weight is 442 g/mol. The normalized spacial score (nSPS) is 11.0. The summed E-state index contributed by atoms with van der Waals surface area (Å²) in [6.45, 7) is 1.12. The Morgan fingerprint density at radius 1 is 1.00 bits per heavy atom. The van der Waals surface area contributed by atoms with E-state index in [0.717, 1.165) is 5.56 Å². The monoisotopic (exact) mass is 441 g/mol. The van der Waals surface area contributed by atoms with E-state index in [4.69, 9.17) is 23.2 Å². The van der Waals surface area contributed by atoms with Crippen molar-refractivity contribution < 1.29 is 4.79 Å². The molecule has 2 aromatic carbocycles. The molecule has 0 radical (unpaired) electrons. The summed E-state index contributed by atoms with van der Waals surface area (Å²) >= 11 is 11.7. The van der Waals surface area contributed by atoms with E-state index in [1.165, 1.54) is 17.1 Å². The third-order valence-corrected chi connectivity index (χ3v) is 5.11. The molecule has 152 valence electrons. The fourth-order valence-corrected chi connectivity index (χ4v) is 3.29. The van der Waals surface area contributed by atoms with E-state index in [1.54, 1.807) is 41.1 Å². The van der Waals surface area contributed by atoms with Crippen LogP contribution in [0.15, 0.2) is 65.8 Å². The van der Waals surface area contributed by atoms with Gasteiger partial charge in [-0.2, -0.15) is 5.10 Å². The lowest BCUT2D eigenvalue weighted by molar-refractivity contribution is 0.0952. The van der Waals surface area contributed by atoms with Crippen molar-refractivity contribution in [2.45, 2.75) is 13.1 Å². The minimum Gasteiger partial charge on any atom is -0.350 e. The molecule has 0 saturated carbocycles. The molecule has 0 unspecified atom stereocenters. The third-order valence-electron chi connectivity index (χ3n) is 4.60. The van der Waals surface area contributed by atoms with Crippen LogP contribution in [0.4, 0.5) is 0 Å². The summed E-state index contributed by atoms with van der Waals surface area (Å²) in [4.78, 5) is 29.3. The lowest BCUT2D eigenvalue weighted by Gasteiger charge is -2.08. The number of aromatic nitrogens is 4. The molecular weight excluding hydrogens is 425 g/mol. The number of nitrogens with zero attached hydrogens (tertiary/aromatic N) is 4. The molecule has 4 rings (SSSR count). The van der Waals surface area contributed by atoms with E-state index in [2.05, 4.69) is 15.4 Å². The second kappa shape index (κ2) is 8.69. The van der Waals surface area contributed by atoms with Crippen molar-refractivity contribution in [1.29, 1.82) is 0 Å². The number of benzene rings is 2. The first-order valence-corrected chi connectivity index (χ1v) is 9.96. The molecule has 30 heavy (non-hydrogen) atoms. The minimum absolute atomic E-state index is 0.175. The maximum Gasteiger partial charge on any atom is 0.264 e. The smallest absolute Gasteiger partial charge is 0.264 e. The Kier molecular flexibility index (Phi) is 5.83. The molecule has 9 heteroatoms. The number of amides is 1. The van der Waals surface area contributed by atoms with Gasteiger partial charge in [-0.15, -0.1) is 0 Å². The van der Waals surface area contributed by atoms with E-state index in [-0.39, 0.29) is 11.5 Å². The highest BCUT2D eigenvalue weighted by Gasteiger charge is 2.11. The van der Waals surface area contributed by atoms with Crippen LogP contribution in [0, 0.1) is 0 Å². The molecule has 1 N–H and O–H groups in total. The van der Waals surface area contributed by atoms with Gasteiger partial charge in [0.25, 0.3) is 11.5 Å². The Bertz CT molecular complexity index is 1250. The Hall–Kier alpha value is -3.16. The highest BCUT2D eigenvalue weighted by atomic mass is 35.5. The highest BCUT2D eigenvalue weighted by Crippen LogP contribution is 2.12. The topological polar surface area (TPSA) is 81.8 Å². The number of carbonyl (C=O) groups excluding carboxylic acids is 1. The fourth-order valence-electron chi connectivity index (χ4n) is 3.04. The molecule has 0 aliphatic rings. The largest absolute Gasteiger partial charge is 0.350 e. The van der Waals surface area contributed by atoms with Crippen LogP contribution in [0.2, 0.25) is 10.0 Å². The van der Waals surface area contributed by atoms with Crippen molar-refractivity contribution in [3.05, 3.63) is 92.6 Å². The molecule has 1 amide bonds. The molecule has 4 aromatic rings. The summed E-state index contributed by atoms with van der Waals surface area (Å²) in [5, 5.41) is 8.71. The van der Waals surface area contributed by atoms with Gasteiger partial charge in [0.05, 0.1) is 19.3 Å². The van der Waals surface area contributed by atoms with Crippen molar-refractivity contribution in [2.24, 2.45) is 0 Å². The summed E-state index contributed by atoms with van der Waals surface area (Å²) in [7, 11) is 0. The van der Waals surface area contributed by atoms with E-state index in [0.29, 0.717) is 46.3 Å². The van der Waals surface area contributed by atoms with Crippen LogP contribution < -0.4 is 10.9 Å². The Balaban J connectivity index is 1.45. The number of halogens is 2. The Labute approximate surface area is 181 Å². The summed E-state index contributed by atoms with van der Waals surface area (Å²) in [5.41, 5.74) is 1.77. The zero-order chi connectivity index (χ0) is 21.1. The van der Waals surface area contributed by atoms with Crippen molar-refractivity contribution >= 4 is 40.1 Å². The van der Waals surface area contributed by atoms with E-state index < -0.39 is 0 Å². The number of nitrogens with one attached hydrogen (secondary N) is 1. The molecule has 0 aliphatic carbocycles. The van der Waals surface area contributed by atoms with Crippen molar-refractivity contribution in [3.8, 4) is 0 Å². The van der Waals surface area contributed by atoms with Gasteiger partial charge in [0, 0.05) is 22.2 Å². The van der Waals surface area contributed by atoms with Gasteiger partial charge in [-0.25, -0.2) is 9.67 Å². The Morgan fingerprint density at radius 2 is 1.67 bits per heavy atom. The SMILES string of the molecule is O=C(NCCn1ncc2c(=O)n(Cc3ccc(Cl)cc3)cnc21)c1ccc(Cl)cc1. The highest BCUT2D eigenvalue weighted by molar-refractivity contribution is 6.30. The van der Waals surface area contributed by atoms with Crippen LogP contribution in [0.3, 0.4) is 0 Å². The van der Waals surface area contributed by atoms with Crippen LogP contribution >= 0.6 is 23.2 Å². The first kappa shape index (κ1) is 20.1. The first-order valence-electron chi connectivity index (χ1n) is 9.20. The molecule has 0 spiro atoms. The van der Waals surface area contributed by atoms with Crippen LogP contribution in [-0.2, 0) is 13.1 Å². The van der Waals surface area contributed by atoms with Gasteiger partial charge in [0.15, 0.2) is 5.65 Å². The van der Waals surface area contributed by atoms with Crippen LogP contribution in [-0.4, -0.2) is 31.8 Å². The van der Waals surface area contributed by atoms with Gasteiger partial charge in [-0.1, -0.05) is 35.3 Å². The van der Waals surface area contributed by atoms with Gasteiger partial charge in [0.1, 0.15) is 11.7 Å². The predicted octanol–water partition coefficient (Wildman–Crippen LogP) is 3.38. The second-order valence-corrected chi connectivity index (χ2v) is 7.54. The van der Waals surface area contributed by atoms with Gasteiger partial charge in [-0.3, -0.25) is 14.2 Å². The van der Waals surface area contributed by atoms with Gasteiger partial charge in [0.2, 0.25) is 0 Å². The average Bonchev–Trinajstić information content (AvgIpc) is 3.16. The van der Waals surface area contributed by atoms with Gasteiger partial charge in [-0.05, 0) is 42.0 Å². The first-order chi connectivity index (χ1) is 14.5. The molecule has 2 aromatic heterocycles. The zero-order valence-corrected chi connectivity index (χ0v) is 17.3. The minimum atomic E-state index is -0.207. The molecule has 7 nitrogen and oxygen atoms in total. The number of rotatable bonds is 6.